The SMILES string of the molecule is CCOc1ccc(/C(O)=C2/C(=O)C(=O)N(C3CCCCC3)C2c2ccc(OC)cc2)c(OCC)c1. The molecule has 2 aromatic rings. The van der Waals surface area contributed by atoms with Crippen LogP contribution < -0.4 is 14.2 Å². The Hall–Kier alpha value is -3.48. The molecule has 1 amide bonds. The summed E-state index contributed by atoms with van der Waals surface area (Å²) in [7, 11) is 1.59. The van der Waals surface area contributed by atoms with Crippen molar-refractivity contribution >= 4 is 17.4 Å². The first-order chi connectivity index (χ1) is 17.0. The number of aliphatic hydroxyl groups is 1. The molecular weight excluding hydrogens is 446 g/mol. The predicted molar refractivity (Wildman–Crippen MR) is 133 cm³/mol. The van der Waals surface area contributed by atoms with Gasteiger partial charge in [-0.15, -0.1) is 0 Å². The van der Waals surface area contributed by atoms with E-state index in [1.54, 1.807) is 42.3 Å². The highest BCUT2D eigenvalue weighted by Crippen LogP contribution is 2.44. The van der Waals surface area contributed by atoms with Crippen molar-refractivity contribution < 1.29 is 28.9 Å². The van der Waals surface area contributed by atoms with Gasteiger partial charge in [-0.2, -0.15) is 0 Å². The Bertz CT molecular complexity index is 1100. The smallest absolute Gasteiger partial charge is 0.295 e. The number of carbonyl (C=O) groups is 2. The molecule has 4 rings (SSSR count). The van der Waals surface area contributed by atoms with Gasteiger partial charge in [-0.05, 0) is 56.5 Å². The summed E-state index contributed by atoms with van der Waals surface area (Å²) in [6.07, 6.45) is 4.82. The van der Waals surface area contributed by atoms with Gasteiger partial charge in [0.05, 0.1) is 37.5 Å². The molecule has 0 bridgehead atoms. The molecule has 1 saturated heterocycles. The third-order valence-corrected chi connectivity index (χ3v) is 6.70. The van der Waals surface area contributed by atoms with Crippen LogP contribution in [-0.4, -0.2) is 48.1 Å². The maximum atomic E-state index is 13.4. The number of hydrogen-bond acceptors (Lipinski definition) is 6. The van der Waals surface area contributed by atoms with Crippen LogP contribution in [0.15, 0.2) is 48.0 Å². The first-order valence-electron chi connectivity index (χ1n) is 12.3. The molecule has 0 aromatic heterocycles. The summed E-state index contributed by atoms with van der Waals surface area (Å²) in [4.78, 5) is 28.5. The Kier molecular flexibility index (Phi) is 7.63. The maximum absolute atomic E-state index is 13.4. The van der Waals surface area contributed by atoms with Crippen molar-refractivity contribution in [1.82, 2.24) is 4.90 Å². The Morgan fingerprint density at radius 1 is 0.943 bits per heavy atom. The first kappa shape index (κ1) is 24.6. The Balaban J connectivity index is 1.87. The highest BCUT2D eigenvalue weighted by Gasteiger charge is 2.49. The van der Waals surface area contributed by atoms with Crippen LogP contribution >= 0.6 is 0 Å². The van der Waals surface area contributed by atoms with Crippen LogP contribution in [0.5, 0.6) is 17.2 Å². The van der Waals surface area contributed by atoms with E-state index in [-0.39, 0.29) is 17.4 Å². The number of nitrogens with zero attached hydrogens (tertiary/aromatic N) is 1. The van der Waals surface area contributed by atoms with Crippen molar-refractivity contribution in [2.75, 3.05) is 20.3 Å². The number of rotatable bonds is 8. The molecule has 1 atom stereocenters. The monoisotopic (exact) mass is 479 g/mol. The normalized spacial score (nSPS) is 20.2. The van der Waals surface area contributed by atoms with E-state index in [1.165, 1.54) is 0 Å². The van der Waals surface area contributed by atoms with Gasteiger partial charge in [0.15, 0.2) is 0 Å². The lowest BCUT2D eigenvalue weighted by Crippen LogP contribution is -2.40. The van der Waals surface area contributed by atoms with Crippen LogP contribution in [0.25, 0.3) is 5.76 Å². The van der Waals surface area contributed by atoms with Crippen molar-refractivity contribution in [1.29, 1.82) is 0 Å². The molecule has 1 heterocycles. The number of Topliss-reactive ketones (excluding diaryl/α,β-unsaturated/α-hetero) is 1. The average Bonchev–Trinajstić information content (AvgIpc) is 3.15. The molecule has 35 heavy (non-hydrogen) atoms. The molecule has 0 spiro atoms. The number of aliphatic hydroxyl groups excluding tert-OH is 1. The summed E-state index contributed by atoms with van der Waals surface area (Å²) in [5, 5.41) is 11.5. The largest absolute Gasteiger partial charge is 0.507 e. The van der Waals surface area contributed by atoms with Crippen LogP contribution in [0.4, 0.5) is 0 Å². The molecule has 1 aliphatic heterocycles. The Morgan fingerprint density at radius 3 is 2.23 bits per heavy atom. The molecule has 2 aromatic carbocycles. The van der Waals surface area contributed by atoms with Crippen molar-refractivity contribution in [3.8, 4) is 17.2 Å². The zero-order chi connectivity index (χ0) is 24.9. The average molecular weight is 480 g/mol. The van der Waals surface area contributed by atoms with Crippen molar-refractivity contribution in [3.05, 3.63) is 59.2 Å². The fourth-order valence-corrected chi connectivity index (χ4v) is 5.07. The molecule has 0 radical (unpaired) electrons. The maximum Gasteiger partial charge on any atom is 0.295 e. The summed E-state index contributed by atoms with van der Waals surface area (Å²) in [5.74, 6) is 0.186. The van der Waals surface area contributed by atoms with Gasteiger partial charge >= 0.3 is 0 Å². The number of ketones is 1. The van der Waals surface area contributed by atoms with E-state index in [0.717, 1.165) is 37.7 Å². The van der Waals surface area contributed by atoms with Crippen LogP contribution in [0, 0.1) is 0 Å². The predicted octanol–water partition coefficient (Wildman–Crippen LogP) is 5.25. The number of methoxy groups -OCH3 is 1. The lowest BCUT2D eigenvalue weighted by Gasteiger charge is -2.35. The zero-order valence-corrected chi connectivity index (χ0v) is 20.6. The lowest BCUT2D eigenvalue weighted by atomic mass is 9.91. The topological polar surface area (TPSA) is 85.3 Å². The van der Waals surface area contributed by atoms with E-state index >= 15 is 0 Å². The van der Waals surface area contributed by atoms with E-state index in [4.69, 9.17) is 14.2 Å². The highest BCUT2D eigenvalue weighted by atomic mass is 16.5. The number of ether oxygens (including phenoxy) is 3. The van der Waals surface area contributed by atoms with Crippen molar-refractivity contribution in [3.63, 3.8) is 0 Å². The summed E-state index contributed by atoms with van der Waals surface area (Å²) in [5.41, 5.74) is 1.19. The van der Waals surface area contributed by atoms with Gasteiger partial charge in [0.1, 0.15) is 23.0 Å². The second-order valence-corrected chi connectivity index (χ2v) is 8.80. The van der Waals surface area contributed by atoms with Gasteiger partial charge in [0.25, 0.3) is 11.7 Å². The van der Waals surface area contributed by atoms with Gasteiger partial charge in [0, 0.05) is 12.1 Å². The molecule has 1 aliphatic carbocycles. The first-order valence-corrected chi connectivity index (χ1v) is 12.3. The van der Waals surface area contributed by atoms with Crippen molar-refractivity contribution in [2.45, 2.75) is 58.0 Å². The quantitative estimate of drug-likeness (QED) is 0.316. The van der Waals surface area contributed by atoms with E-state index in [1.807, 2.05) is 26.0 Å². The minimum atomic E-state index is -0.690. The molecule has 1 saturated carbocycles. The number of likely N-dealkylation sites (tertiary alicyclic amines) is 1. The van der Waals surface area contributed by atoms with Crippen LogP contribution in [0.2, 0.25) is 0 Å². The Morgan fingerprint density at radius 2 is 1.60 bits per heavy atom. The highest BCUT2D eigenvalue weighted by molar-refractivity contribution is 6.46. The fourth-order valence-electron chi connectivity index (χ4n) is 5.07. The van der Waals surface area contributed by atoms with Gasteiger partial charge in [-0.1, -0.05) is 31.4 Å². The zero-order valence-electron chi connectivity index (χ0n) is 20.6. The van der Waals surface area contributed by atoms with E-state index in [0.29, 0.717) is 36.0 Å². The van der Waals surface area contributed by atoms with Gasteiger partial charge in [0.2, 0.25) is 0 Å². The summed E-state index contributed by atoms with van der Waals surface area (Å²) in [6.45, 7) is 4.58. The van der Waals surface area contributed by atoms with Crippen LogP contribution in [0.3, 0.4) is 0 Å². The lowest BCUT2D eigenvalue weighted by molar-refractivity contribution is -0.141. The molecule has 1 unspecified atom stereocenters. The van der Waals surface area contributed by atoms with E-state index in [9.17, 15) is 14.7 Å². The fraction of sp³-hybridized carbons (Fsp3) is 0.429. The van der Waals surface area contributed by atoms with Crippen molar-refractivity contribution in [2.24, 2.45) is 0 Å². The second kappa shape index (κ2) is 10.8. The Labute approximate surface area is 206 Å². The number of hydrogen-bond donors (Lipinski definition) is 1. The molecular formula is C28H33NO6. The summed E-state index contributed by atoms with van der Waals surface area (Å²) in [6, 6.07) is 11.7. The second-order valence-electron chi connectivity index (χ2n) is 8.80. The minimum absolute atomic E-state index is 0.0516. The third-order valence-electron chi connectivity index (χ3n) is 6.70. The number of benzene rings is 2. The number of carbonyl (C=O) groups excluding carboxylic acids is 2. The van der Waals surface area contributed by atoms with Gasteiger partial charge < -0.3 is 24.2 Å². The van der Waals surface area contributed by atoms with Gasteiger partial charge in [-0.25, -0.2) is 0 Å². The molecule has 7 heteroatoms. The minimum Gasteiger partial charge on any atom is -0.507 e. The van der Waals surface area contributed by atoms with Crippen LogP contribution in [0.1, 0.15) is 63.1 Å². The third kappa shape index (κ3) is 4.85. The van der Waals surface area contributed by atoms with Crippen LogP contribution in [-0.2, 0) is 9.59 Å². The van der Waals surface area contributed by atoms with E-state index in [2.05, 4.69) is 0 Å². The molecule has 1 N–H and O–H groups in total. The molecule has 186 valence electrons. The molecule has 2 fully saturated rings. The summed E-state index contributed by atoms with van der Waals surface area (Å²) < 4.78 is 16.7. The number of amides is 1. The summed E-state index contributed by atoms with van der Waals surface area (Å²) >= 11 is 0. The van der Waals surface area contributed by atoms with Gasteiger partial charge in [-0.3, -0.25) is 9.59 Å². The van der Waals surface area contributed by atoms with E-state index < -0.39 is 17.7 Å². The molecule has 7 nitrogen and oxygen atoms in total. The standard InChI is InChI=1S/C28H33NO6/c1-4-34-21-15-16-22(23(17-21)35-5-2)26(30)24-25(18-11-13-20(33-3)14-12-18)29(28(32)27(24)31)19-9-7-6-8-10-19/h11-17,19,25,30H,4-10H2,1-3H3/b26-24-. The molecule has 2 aliphatic rings.